The number of benzene rings is 1. The maximum Gasteiger partial charge on any atom is 0.410 e. The van der Waals surface area contributed by atoms with Gasteiger partial charge in [0.05, 0.1) is 19.6 Å². The summed E-state index contributed by atoms with van der Waals surface area (Å²) in [7, 11) is 1.61. The first-order chi connectivity index (χ1) is 11.7. The van der Waals surface area contributed by atoms with Crippen LogP contribution in [0, 0.1) is 5.92 Å². The molecule has 0 aliphatic carbocycles. The molecule has 0 spiro atoms. The Balaban J connectivity index is 2.21. The van der Waals surface area contributed by atoms with E-state index in [1.54, 1.807) is 18.9 Å². The van der Waals surface area contributed by atoms with Gasteiger partial charge in [-0.3, -0.25) is 4.79 Å². The third kappa shape index (κ3) is 4.87. The van der Waals surface area contributed by atoms with Gasteiger partial charge in [0.1, 0.15) is 11.4 Å². The number of hydrogen-bond donors (Lipinski definition) is 0. The highest BCUT2D eigenvalue weighted by Crippen LogP contribution is 2.35. The van der Waals surface area contributed by atoms with Crippen molar-refractivity contribution in [3.05, 3.63) is 29.8 Å². The molecule has 6 nitrogen and oxygen atoms in total. The molecule has 1 aliphatic heterocycles. The first kappa shape index (κ1) is 19.1. The Morgan fingerprint density at radius 3 is 2.32 bits per heavy atom. The van der Waals surface area contributed by atoms with Crippen LogP contribution in [0.3, 0.4) is 0 Å². The van der Waals surface area contributed by atoms with Crippen molar-refractivity contribution in [2.75, 3.05) is 26.8 Å². The predicted octanol–water partition coefficient (Wildman–Crippen LogP) is 3.21. The number of carbonyl (C=O) groups excluding carboxylic acids is 2. The van der Waals surface area contributed by atoms with Gasteiger partial charge in [-0.05, 0) is 45.4 Å². The van der Waals surface area contributed by atoms with Gasteiger partial charge < -0.3 is 19.1 Å². The number of ether oxygens (including phenoxy) is 3. The number of amides is 1. The summed E-state index contributed by atoms with van der Waals surface area (Å²) in [5.41, 5.74) is 0.402. The molecule has 2 atom stereocenters. The largest absolute Gasteiger partial charge is 0.497 e. The molecule has 1 saturated heterocycles. The molecule has 1 aliphatic rings. The summed E-state index contributed by atoms with van der Waals surface area (Å²) in [5.74, 6) is -0.0638. The Morgan fingerprint density at radius 2 is 1.80 bits per heavy atom. The fourth-order valence-electron chi connectivity index (χ4n) is 2.96. The summed E-state index contributed by atoms with van der Waals surface area (Å²) in [6.07, 6.45) is -0.405. The predicted molar refractivity (Wildman–Crippen MR) is 93.7 cm³/mol. The molecule has 0 aromatic heterocycles. The van der Waals surface area contributed by atoms with E-state index in [0.717, 1.165) is 11.3 Å². The van der Waals surface area contributed by atoms with Gasteiger partial charge in [-0.1, -0.05) is 12.1 Å². The van der Waals surface area contributed by atoms with Crippen molar-refractivity contribution in [1.82, 2.24) is 4.90 Å². The number of carbonyl (C=O) groups is 2. The fourth-order valence-corrected chi connectivity index (χ4v) is 2.96. The molecule has 1 aromatic carbocycles. The maximum atomic E-state index is 12.4. The number of methoxy groups -OCH3 is 1. The molecular weight excluding hydrogens is 322 g/mol. The summed E-state index contributed by atoms with van der Waals surface area (Å²) in [5, 5.41) is 0. The molecule has 0 bridgehead atoms. The summed E-state index contributed by atoms with van der Waals surface area (Å²) in [6.45, 7) is 8.29. The molecule has 6 heteroatoms. The van der Waals surface area contributed by atoms with Gasteiger partial charge in [0.25, 0.3) is 0 Å². The second kappa shape index (κ2) is 7.76. The van der Waals surface area contributed by atoms with E-state index in [9.17, 15) is 9.59 Å². The highest BCUT2D eigenvalue weighted by molar-refractivity contribution is 5.77. The van der Waals surface area contributed by atoms with Crippen LogP contribution in [0.25, 0.3) is 0 Å². The van der Waals surface area contributed by atoms with Crippen LogP contribution in [0.15, 0.2) is 24.3 Å². The van der Waals surface area contributed by atoms with E-state index in [-0.39, 0.29) is 11.9 Å². The van der Waals surface area contributed by atoms with Gasteiger partial charge in [0.2, 0.25) is 0 Å². The number of likely N-dealkylation sites (tertiary alicyclic amines) is 1. The molecule has 138 valence electrons. The summed E-state index contributed by atoms with van der Waals surface area (Å²) < 4.78 is 15.8. The van der Waals surface area contributed by atoms with E-state index >= 15 is 0 Å². The van der Waals surface area contributed by atoms with Crippen molar-refractivity contribution in [3.8, 4) is 5.75 Å². The van der Waals surface area contributed by atoms with Crippen molar-refractivity contribution in [3.63, 3.8) is 0 Å². The lowest BCUT2D eigenvalue weighted by atomic mass is 9.89. The van der Waals surface area contributed by atoms with Crippen LogP contribution in [-0.2, 0) is 14.3 Å². The lowest BCUT2D eigenvalue weighted by molar-refractivity contribution is -0.147. The minimum Gasteiger partial charge on any atom is -0.497 e. The van der Waals surface area contributed by atoms with Crippen LogP contribution in [0.4, 0.5) is 4.79 Å². The second-order valence-corrected chi connectivity index (χ2v) is 7.12. The molecule has 1 amide bonds. The van der Waals surface area contributed by atoms with Crippen LogP contribution >= 0.6 is 0 Å². The molecule has 2 rings (SSSR count). The first-order valence-electron chi connectivity index (χ1n) is 8.53. The normalized spacial score (nSPS) is 20.3. The first-order valence-corrected chi connectivity index (χ1v) is 8.53. The van der Waals surface area contributed by atoms with E-state index in [1.807, 2.05) is 45.0 Å². The Kier molecular flexibility index (Phi) is 5.93. The Labute approximate surface area is 149 Å². The molecule has 25 heavy (non-hydrogen) atoms. The van der Waals surface area contributed by atoms with Crippen molar-refractivity contribution in [1.29, 1.82) is 0 Å². The van der Waals surface area contributed by atoms with Crippen molar-refractivity contribution >= 4 is 12.1 Å². The third-order valence-corrected chi connectivity index (χ3v) is 4.10. The zero-order chi connectivity index (χ0) is 18.6. The molecule has 0 N–H and O–H groups in total. The smallest absolute Gasteiger partial charge is 0.410 e. The van der Waals surface area contributed by atoms with Crippen molar-refractivity contribution in [2.24, 2.45) is 5.92 Å². The Bertz CT molecular complexity index is 605. The van der Waals surface area contributed by atoms with Crippen LogP contribution in [0.1, 0.15) is 39.2 Å². The van der Waals surface area contributed by atoms with E-state index in [4.69, 9.17) is 14.2 Å². The van der Waals surface area contributed by atoms with Crippen molar-refractivity contribution in [2.45, 2.75) is 39.2 Å². The van der Waals surface area contributed by atoms with Gasteiger partial charge in [-0.15, -0.1) is 0 Å². The van der Waals surface area contributed by atoms with E-state index in [1.165, 1.54) is 0 Å². The highest BCUT2D eigenvalue weighted by atomic mass is 16.6. The SMILES string of the molecule is CCOC(=O)[C@@H]1CN(C(=O)OC(C)(C)C)C[C@@H]1c1ccc(OC)cc1. The van der Waals surface area contributed by atoms with E-state index < -0.39 is 17.6 Å². The monoisotopic (exact) mass is 349 g/mol. The molecular formula is C19H27NO5. The average Bonchev–Trinajstić information content (AvgIpc) is 2.99. The topological polar surface area (TPSA) is 65.1 Å². The number of rotatable bonds is 4. The quantitative estimate of drug-likeness (QED) is 0.781. The number of esters is 1. The Hall–Kier alpha value is -2.24. The molecule has 0 unspecified atom stereocenters. The standard InChI is InChI=1S/C19H27NO5/c1-6-24-17(21)16-12-20(18(22)25-19(2,3)4)11-15(16)13-7-9-14(23-5)10-8-13/h7-10,15-16H,6,11-12H2,1-5H3/t15-,16-/m1/s1. The van der Waals surface area contributed by atoms with Crippen LogP contribution in [0.2, 0.25) is 0 Å². The summed E-state index contributed by atoms with van der Waals surface area (Å²) >= 11 is 0. The molecule has 0 radical (unpaired) electrons. The maximum absolute atomic E-state index is 12.4. The summed E-state index contributed by atoms with van der Waals surface area (Å²) in [4.78, 5) is 26.4. The lowest BCUT2D eigenvalue weighted by Crippen LogP contribution is -2.36. The third-order valence-electron chi connectivity index (χ3n) is 4.10. The van der Waals surface area contributed by atoms with Gasteiger partial charge in [0, 0.05) is 19.0 Å². The molecule has 1 heterocycles. The van der Waals surface area contributed by atoms with E-state index in [0.29, 0.717) is 19.7 Å². The lowest BCUT2D eigenvalue weighted by Gasteiger charge is -2.24. The van der Waals surface area contributed by atoms with Gasteiger partial charge in [0.15, 0.2) is 0 Å². The van der Waals surface area contributed by atoms with Gasteiger partial charge in [-0.25, -0.2) is 4.79 Å². The molecule has 1 fully saturated rings. The average molecular weight is 349 g/mol. The minimum absolute atomic E-state index is 0.127. The number of nitrogens with zero attached hydrogens (tertiary/aromatic N) is 1. The Morgan fingerprint density at radius 1 is 1.16 bits per heavy atom. The van der Waals surface area contributed by atoms with Gasteiger partial charge in [-0.2, -0.15) is 0 Å². The van der Waals surface area contributed by atoms with Crippen LogP contribution in [-0.4, -0.2) is 49.4 Å². The molecule has 1 aromatic rings. The van der Waals surface area contributed by atoms with E-state index in [2.05, 4.69) is 0 Å². The summed E-state index contributed by atoms with van der Waals surface area (Å²) in [6, 6.07) is 7.56. The van der Waals surface area contributed by atoms with Crippen LogP contribution in [0.5, 0.6) is 5.75 Å². The van der Waals surface area contributed by atoms with Gasteiger partial charge >= 0.3 is 12.1 Å². The highest BCUT2D eigenvalue weighted by Gasteiger charge is 2.42. The zero-order valence-electron chi connectivity index (χ0n) is 15.6. The number of hydrogen-bond acceptors (Lipinski definition) is 5. The van der Waals surface area contributed by atoms with Crippen molar-refractivity contribution < 1.29 is 23.8 Å². The molecule has 0 saturated carbocycles. The van der Waals surface area contributed by atoms with Crippen LogP contribution < -0.4 is 4.74 Å². The zero-order valence-corrected chi connectivity index (χ0v) is 15.6. The fraction of sp³-hybridized carbons (Fsp3) is 0.579. The second-order valence-electron chi connectivity index (χ2n) is 7.12. The minimum atomic E-state index is -0.575.